The topological polar surface area (TPSA) is 12.5 Å². The Balaban J connectivity index is 2.33. The molecular formula is C14H11NOS. The monoisotopic (exact) mass is 241 g/mol. The summed E-state index contributed by atoms with van der Waals surface area (Å²) in [4.78, 5) is 2.66. The van der Waals surface area contributed by atoms with Gasteiger partial charge in [-0.05, 0) is 11.5 Å². The van der Waals surface area contributed by atoms with Gasteiger partial charge in [0.15, 0.2) is 0 Å². The van der Waals surface area contributed by atoms with E-state index in [1.165, 1.54) is 0 Å². The van der Waals surface area contributed by atoms with Gasteiger partial charge in [0, 0.05) is 18.6 Å². The first-order valence-corrected chi connectivity index (χ1v) is 5.80. The summed E-state index contributed by atoms with van der Waals surface area (Å²) in [6.07, 6.45) is 3.50. The highest BCUT2D eigenvalue weighted by molar-refractivity contribution is 7.80. The summed E-state index contributed by atoms with van der Waals surface area (Å²) in [6.45, 7) is 0. The lowest BCUT2D eigenvalue weighted by molar-refractivity contribution is 0.481. The molecule has 1 aliphatic heterocycles. The SMILES string of the molecule is CN1C=COc2c(ccc3ccccc23)C1=S. The van der Waals surface area contributed by atoms with Gasteiger partial charge >= 0.3 is 0 Å². The smallest absolute Gasteiger partial charge is 0.144 e. The first-order valence-electron chi connectivity index (χ1n) is 5.39. The van der Waals surface area contributed by atoms with Crippen molar-refractivity contribution in [3.8, 4) is 5.75 Å². The second-order valence-corrected chi connectivity index (χ2v) is 4.37. The second-order valence-electron chi connectivity index (χ2n) is 3.98. The summed E-state index contributed by atoms with van der Waals surface area (Å²) in [5.41, 5.74) is 0.964. The molecule has 1 aliphatic rings. The fraction of sp³-hybridized carbons (Fsp3) is 0.0714. The summed E-state index contributed by atoms with van der Waals surface area (Å²) in [5.74, 6) is 0.841. The van der Waals surface area contributed by atoms with E-state index in [0.29, 0.717) is 0 Å². The molecule has 0 spiro atoms. The Hall–Kier alpha value is -1.87. The van der Waals surface area contributed by atoms with Crippen molar-refractivity contribution in [2.75, 3.05) is 7.05 Å². The van der Waals surface area contributed by atoms with E-state index >= 15 is 0 Å². The van der Waals surface area contributed by atoms with Gasteiger partial charge in [-0.3, -0.25) is 0 Å². The van der Waals surface area contributed by atoms with Crippen LogP contribution in [0.3, 0.4) is 0 Å². The molecule has 0 saturated carbocycles. The minimum absolute atomic E-state index is 0.777. The van der Waals surface area contributed by atoms with Gasteiger partial charge in [0.05, 0.1) is 5.56 Å². The van der Waals surface area contributed by atoms with Gasteiger partial charge in [0.2, 0.25) is 0 Å². The van der Waals surface area contributed by atoms with Crippen LogP contribution in [0.15, 0.2) is 48.9 Å². The minimum Gasteiger partial charge on any atom is -0.462 e. The maximum absolute atomic E-state index is 5.69. The van der Waals surface area contributed by atoms with E-state index in [1.807, 2.05) is 36.3 Å². The van der Waals surface area contributed by atoms with Crippen LogP contribution in [0.25, 0.3) is 10.8 Å². The van der Waals surface area contributed by atoms with Gasteiger partial charge in [0.1, 0.15) is 17.0 Å². The Morgan fingerprint density at radius 3 is 2.82 bits per heavy atom. The molecule has 84 valence electrons. The Morgan fingerprint density at radius 2 is 1.94 bits per heavy atom. The van der Waals surface area contributed by atoms with E-state index in [4.69, 9.17) is 17.0 Å². The molecule has 0 bridgehead atoms. The highest BCUT2D eigenvalue weighted by atomic mass is 32.1. The van der Waals surface area contributed by atoms with Gasteiger partial charge in [0.25, 0.3) is 0 Å². The van der Waals surface area contributed by atoms with Crippen molar-refractivity contribution in [3.63, 3.8) is 0 Å². The molecule has 17 heavy (non-hydrogen) atoms. The number of hydrogen-bond donors (Lipinski definition) is 0. The first-order chi connectivity index (χ1) is 8.27. The first kappa shape index (κ1) is 10.3. The molecule has 0 unspecified atom stereocenters. The highest BCUT2D eigenvalue weighted by Crippen LogP contribution is 2.32. The molecule has 0 fully saturated rings. The van der Waals surface area contributed by atoms with Crippen LogP contribution < -0.4 is 4.74 Å². The maximum Gasteiger partial charge on any atom is 0.144 e. The molecule has 3 heteroatoms. The van der Waals surface area contributed by atoms with Gasteiger partial charge in [-0.15, -0.1) is 0 Å². The molecule has 2 nitrogen and oxygen atoms in total. The van der Waals surface area contributed by atoms with Crippen molar-refractivity contribution in [2.45, 2.75) is 0 Å². The van der Waals surface area contributed by atoms with Crippen LogP contribution in [0.5, 0.6) is 5.75 Å². The molecule has 0 radical (unpaired) electrons. The molecule has 0 aliphatic carbocycles. The zero-order valence-electron chi connectivity index (χ0n) is 9.38. The van der Waals surface area contributed by atoms with Crippen LogP contribution in [0.2, 0.25) is 0 Å². The van der Waals surface area contributed by atoms with E-state index in [0.717, 1.165) is 27.1 Å². The minimum atomic E-state index is 0.777. The van der Waals surface area contributed by atoms with Gasteiger partial charge in [-0.1, -0.05) is 42.5 Å². The standard InChI is InChI=1S/C14H11NOS/c1-15-8-9-16-13-11-5-3-2-4-10(11)6-7-12(13)14(15)17/h2-9H,1H3. The van der Waals surface area contributed by atoms with Crippen molar-refractivity contribution in [3.05, 3.63) is 54.4 Å². The Kier molecular flexibility index (Phi) is 2.34. The fourth-order valence-corrected chi connectivity index (χ4v) is 2.21. The van der Waals surface area contributed by atoms with E-state index in [2.05, 4.69) is 18.2 Å². The molecular weight excluding hydrogens is 230 g/mol. The van der Waals surface area contributed by atoms with Crippen molar-refractivity contribution in [1.29, 1.82) is 0 Å². The Morgan fingerprint density at radius 1 is 1.12 bits per heavy atom. The summed E-state index contributed by atoms with van der Waals surface area (Å²) < 4.78 is 5.69. The Bertz CT molecular complexity index is 633. The number of thiocarbonyl (C=S) groups is 1. The number of fused-ring (bicyclic) bond motifs is 3. The summed E-state index contributed by atoms with van der Waals surface area (Å²) in [7, 11) is 1.92. The Labute approximate surface area is 105 Å². The molecule has 2 aromatic carbocycles. The third-order valence-electron chi connectivity index (χ3n) is 2.90. The van der Waals surface area contributed by atoms with Gasteiger partial charge in [-0.25, -0.2) is 0 Å². The average Bonchev–Trinajstić information content (AvgIpc) is 2.51. The molecule has 3 rings (SSSR count). The lowest BCUT2D eigenvalue weighted by Gasteiger charge is -2.14. The van der Waals surface area contributed by atoms with E-state index < -0.39 is 0 Å². The highest BCUT2D eigenvalue weighted by Gasteiger charge is 2.16. The lowest BCUT2D eigenvalue weighted by atomic mass is 10.1. The van der Waals surface area contributed by atoms with Crippen molar-refractivity contribution >= 4 is 28.0 Å². The number of ether oxygens (including phenoxy) is 1. The summed E-state index contributed by atoms with van der Waals surface area (Å²) in [6, 6.07) is 12.2. The summed E-state index contributed by atoms with van der Waals surface area (Å²) >= 11 is 5.43. The van der Waals surface area contributed by atoms with Crippen LogP contribution in [0.1, 0.15) is 5.56 Å². The van der Waals surface area contributed by atoms with Crippen molar-refractivity contribution in [2.24, 2.45) is 0 Å². The van der Waals surface area contributed by atoms with Crippen molar-refractivity contribution in [1.82, 2.24) is 4.90 Å². The van der Waals surface area contributed by atoms with E-state index in [1.54, 1.807) is 6.26 Å². The number of nitrogens with zero attached hydrogens (tertiary/aromatic N) is 1. The van der Waals surface area contributed by atoms with Crippen LogP contribution in [-0.4, -0.2) is 16.9 Å². The number of rotatable bonds is 0. The number of benzene rings is 2. The quantitative estimate of drug-likeness (QED) is 0.657. The molecule has 0 atom stereocenters. The van der Waals surface area contributed by atoms with Gasteiger partial charge < -0.3 is 9.64 Å². The maximum atomic E-state index is 5.69. The largest absolute Gasteiger partial charge is 0.462 e. The van der Waals surface area contributed by atoms with Crippen LogP contribution in [0.4, 0.5) is 0 Å². The molecule has 1 heterocycles. The van der Waals surface area contributed by atoms with E-state index in [-0.39, 0.29) is 0 Å². The second kappa shape index (κ2) is 3.86. The summed E-state index contributed by atoms with van der Waals surface area (Å²) in [5, 5.41) is 2.25. The normalized spacial score (nSPS) is 14.4. The van der Waals surface area contributed by atoms with Crippen LogP contribution >= 0.6 is 12.2 Å². The predicted octanol–water partition coefficient (Wildman–Crippen LogP) is 3.31. The third-order valence-corrected chi connectivity index (χ3v) is 3.41. The predicted molar refractivity (Wildman–Crippen MR) is 73.2 cm³/mol. The number of hydrogen-bond acceptors (Lipinski definition) is 2. The molecule has 0 saturated heterocycles. The molecule has 0 N–H and O–H groups in total. The van der Waals surface area contributed by atoms with E-state index in [9.17, 15) is 0 Å². The lowest BCUT2D eigenvalue weighted by Crippen LogP contribution is -2.18. The van der Waals surface area contributed by atoms with Crippen LogP contribution in [-0.2, 0) is 0 Å². The molecule has 2 aromatic rings. The van der Waals surface area contributed by atoms with Gasteiger partial charge in [-0.2, -0.15) is 0 Å². The fourth-order valence-electron chi connectivity index (χ4n) is 1.99. The van der Waals surface area contributed by atoms with Crippen LogP contribution in [0, 0.1) is 0 Å². The molecule has 0 aromatic heterocycles. The third kappa shape index (κ3) is 1.59. The average molecular weight is 241 g/mol. The zero-order valence-corrected chi connectivity index (χ0v) is 10.2. The zero-order chi connectivity index (χ0) is 11.8. The van der Waals surface area contributed by atoms with Crippen molar-refractivity contribution < 1.29 is 4.74 Å². The molecule has 0 amide bonds.